The third-order valence-corrected chi connectivity index (χ3v) is 0.422. The van der Waals surface area contributed by atoms with E-state index in [4.69, 9.17) is 5.11 Å². The minimum Gasteiger partial charge on any atom is -0.357 e. The Bertz CT molecular complexity index is 123. The van der Waals surface area contributed by atoms with Crippen molar-refractivity contribution in [2.75, 3.05) is 6.67 Å². The Kier molecular flexibility index (Phi) is 5.96. The zero-order valence-electron chi connectivity index (χ0n) is 5.76. The molecule has 0 fully saturated rings. The van der Waals surface area contributed by atoms with Gasteiger partial charge in [-0.1, -0.05) is 0 Å². The average molecular weight is 220 g/mol. The number of hydrogen-bond acceptors (Lipinski definition) is 1. The molecule has 0 rings (SSSR count). The Morgan fingerprint density at radius 1 is 1.00 bits per heavy atom. The minimum absolute atomic E-state index is 2.23. The fourth-order valence-electron chi connectivity index (χ4n) is 0. The summed E-state index contributed by atoms with van der Waals surface area (Å²) in [5.41, 5.74) is 0. The van der Waals surface area contributed by atoms with E-state index in [1.807, 2.05) is 0 Å². The summed E-state index contributed by atoms with van der Waals surface area (Å²) in [7, 11) is 0. The van der Waals surface area contributed by atoms with Crippen LogP contribution in [0.4, 0.5) is 35.1 Å². The molecule has 0 amide bonds. The van der Waals surface area contributed by atoms with Gasteiger partial charge in [0.1, 0.15) is 0 Å². The summed E-state index contributed by atoms with van der Waals surface area (Å²) in [5, 5.41) is 7.10. The van der Waals surface area contributed by atoms with E-state index in [2.05, 4.69) is 0 Å². The predicted octanol–water partition coefficient (Wildman–Crippen LogP) is 2.35. The maximum atomic E-state index is 10.6. The number of aliphatic hydroxyl groups is 1. The molecule has 1 atom stereocenters. The zero-order valence-corrected chi connectivity index (χ0v) is 5.76. The van der Waals surface area contributed by atoms with Crippen LogP contribution in [-0.4, -0.2) is 30.5 Å². The summed E-state index contributed by atoms with van der Waals surface area (Å²) < 4.78 is 83.9. The Morgan fingerprint density at radius 3 is 1.15 bits per heavy atom. The monoisotopic (exact) mass is 220 g/mol. The van der Waals surface area contributed by atoms with Gasteiger partial charge in [-0.25, -0.2) is 8.78 Å². The predicted molar refractivity (Wildman–Crippen MR) is 25.2 cm³/mol. The van der Waals surface area contributed by atoms with E-state index in [0.29, 0.717) is 0 Å². The van der Waals surface area contributed by atoms with Gasteiger partial charge in [0.2, 0.25) is 0 Å². The van der Waals surface area contributed by atoms with Gasteiger partial charge in [0.25, 0.3) is 6.36 Å². The first-order valence-electron chi connectivity index (χ1n) is 2.52. The van der Waals surface area contributed by atoms with E-state index in [0.717, 1.165) is 0 Å². The molecule has 13 heavy (non-hydrogen) atoms. The van der Waals surface area contributed by atoms with Crippen molar-refractivity contribution in [3.05, 3.63) is 0 Å². The largest absolute Gasteiger partial charge is 0.444 e. The molecule has 0 aromatic heterocycles. The highest BCUT2D eigenvalue weighted by Crippen LogP contribution is 2.19. The lowest BCUT2D eigenvalue weighted by molar-refractivity contribution is -0.246. The number of alkyl halides is 8. The summed E-state index contributed by atoms with van der Waals surface area (Å²) in [5.74, 6) is 0. The lowest BCUT2D eigenvalue weighted by Gasteiger charge is -2.02. The fraction of sp³-hybridized carbons (Fsp3) is 1.00. The Hall–Kier alpha value is -0.600. The van der Waals surface area contributed by atoms with Crippen LogP contribution in [0.15, 0.2) is 0 Å². The van der Waals surface area contributed by atoms with Gasteiger partial charge >= 0.3 is 12.4 Å². The third kappa shape index (κ3) is 14.3. The van der Waals surface area contributed by atoms with Gasteiger partial charge in [-0.05, 0) is 0 Å². The van der Waals surface area contributed by atoms with Crippen LogP contribution >= 0.6 is 0 Å². The highest BCUT2D eigenvalue weighted by Gasteiger charge is 2.38. The number of hydrogen-bond donors (Lipinski definition) is 1. The molecule has 0 spiro atoms. The van der Waals surface area contributed by atoms with Crippen LogP contribution in [0.25, 0.3) is 0 Å². The van der Waals surface area contributed by atoms with Gasteiger partial charge in [-0.2, -0.15) is 26.3 Å². The molecular formula is C4H4F8O. The maximum Gasteiger partial charge on any atom is 0.444 e. The van der Waals surface area contributed by atoms with Crippen LogP contribution in [0.3, 0.4) is 0 Å². The van der Waals surface area contributed by atoms with Crippen molar-refractivity contribution in [1.29, 1.82) is 0 Å². The summed E-state index contributed by atoms with van der Waals surface area (Å²) >= 11 is 0. The molecule has 0 heterocycles. The van der Waals surface area contributed by atoms with Crippen molar-refractivity contribution >= 4 is 0 Å². The second-order valence-corrected chi connectivity index (χ2v) is 1.63. The van der Waals surface area contributed by atoms with Crippen LogP contribution in [-0.2, 0) is 0 Å². The average Bonchev–Trinajstić information content (AvgIpc) is 1.85. The molecule has 0 radical (unpaired) electrons. The van der Waals surface area contributed by atoms with E-state index in [1.54, 1.807) is 0 Å². The molecule has 82 valence electrons. The molecule has 0 aromatic rings. The molecular weight excluding hydrogens is 216 g/mol. The highest BCUT2D eigenvalue weighted by atomic mass is 19.4. The molecule has 0 aliphatic rings. The summed E-state index contributed by atoms with van der Waals surface area (Å²) in [4.78, 5) is 0. The van der Waals surface area contributed by atoms with E-state index < -0.39 is 25.4 Å². The molecule has 0 bridgehead atoms. The van der Waals surface area contributed by atoms with E-state index in [-0.39, 0.29) is 0 Å². The first kappa shape index (κ1) is 14.9. The Labute approximate surface area is 67.0 Å². The number of halogens is 8. The van der Waals surface area contributed by atoms with E-state index >= 15 is 0 Å². The van der Waals surface area contributed by atoms with Gasteiger partial charge < -0.3 is 5.11 Å². The Balaban J connectivity index is 0. The van der Waals surface area contributed by atoms with Crippen LogP contribution in [0.2, 0.25) is 0 Å². The first-order chi connectivity index (χ1) is 5.50. The van der Waals surface area contributed by atoms with Gasteiger partial charge in [-0.15, -0.1) is 0 Å². The summed E-state index contributed by atoms with van der Waals surface area (Å²) in [6.07, 6.45) is -13.4. The second-order valence-electron chi connectivity index (χ2n) is 1.63. The minimum atomic E-state index is -5.11. The third-order valence-electron chi connectivity index (χ3n) is 0.422. The van der Waals surface area contributed by atoms with E-state index in [1.165, 1.54) is 0 Å². The van der Waals surface area contributed by atoms with Crippen molar-refractivity contribution in [3.63, 3.8) is 0 Å². The highest BCUT2D eigenvalue weighted by molar-refractivity contribution is 4.48. The topological polar surface area (TPSA) is 20.2 Å². The van der Waals surface area contributed by atoms with Crippen LogP contribution in [0, 0.1) is 0 Å². The zero-order chi connectivity index (χ0) is 11.3. The molecule has 0 aliphatic carbocycles. The van der Waals surface area contributed by atoms with Crippen molar-refractivity contribution in [1.82, 2.24) is 0 Å². The van der Waals surface area contributed by atoms with Crippen molar-refractivity contribution in [3.8, 4) is 0 Å². The Morgan fingerprint density at radius 2 is 1.15 bits per heavy atom. The molecule has 0 saturated carbocycles. The van der Waals surface area contributed by atoms with Gasteiger partial charge in [0.05, 0.1) is 0 Å². The lowest BCUT2D eigenvalue weighted by Crippen LogP contribution is -2.22. The summed E-state index contributed by atoms with van der Waals surface area (Å²) in [6, 6.07) is 0. The summed E-state index contributed by atoms with van der Waals surface area (Å²) in [6.45, 7) is -2.23. The fourth-order valence-corrected chi connectivity index (χ4v) is 0. The van der Waals surface area contributed by atoms with Gasteiger partial charge in [0.15, 0.2) is 6.67 Å². The molecule has 1 unspecified atom stereocenters. The normalized spacial score (nSPS) is 14.5. The van der Waals surface area contributed by atoms with Crippen molar-refractivity contribution in [2.45, 2.75) is 18.7 Å². The van der Waals surface area contributed by atoms with Crippen LogP contribution < -0.4 is 0 Å². The maximum absolute atomic E-state index is 10.6. The van der Waals surface area contributed by atoms with Gasteiger partial charge in [-0.3, -0.25) is 0 Å². The lowest BCUT2D eigenvalue weighted by atomic mass is 10.7. The quantitative estimate of drug-likeness (QED) is 0.621. The van der Waals surface area contributed by atoms with Crippen molar-refractivity contribution in [2.24, 2.45) is 0 Å². The van der Waals surface area contributed by atoms with Crippen LogP contribution in [0.1, 0.15) is 0 Å². The SMILES string of the molecule is FCC(F)(F)F.OC(F)C(F)(F)F. The standard InChI is InChI=1S/C2H2F4O.C2H2F4/c3-1(7)2(4,5)6;3-1-2(4,5)6/h1,7H;1H2. The number of aliphatic hydroxyl groups excluding tert-OH is 1. The smallest absolute Gasteiger partial charge is 0.357 e. The molecule has 0 aromatic carbocycles. The van der Waals surface area contributed by atoms with E-state index in [9.17, 15) is 35.1 Å². The molecule has 0 aliphatic heterocycles. The molecule has 1 nitrogen and oxygen atoms in total. The first-order valence-corrected chi connectivity index (χ1v) is 2.52. The molecule has 1 N–H and O–H groups in total. The second kappa shape index (κ2) is 5.20. The molecule has 9 heteroatoms. The van der Waals surface area contributed by atoms with Gasteiger partial charge in [0, 0.05) is 0 Å². The number of rotatable bonds is 0. The molecule has 0 saturated heterocycles. The van der Waals surface area contributed by atoms with Crippen molar-refractivity contribution < 1.29 is 40.2 Å². The van der Waals surface area contributed by atoms with Crippen LogP contribution in [0.5, 0.6) is 0 Å².